The number of anilines is 1. The first kappa shape index (κ1) is 18.9. The molecule has 0 aliphatic heterocycles. The molecule has 3 aromatic carbocycles. The first-order chi connectivity index (χ1) is 13.6. The van der Waals surface area contributed by atoms with Gasteiger partial charge in [-0.05, 0) is 23.6 Å². The SMILES string of the molecule is COc1cccc(C(=O)[C@@H](C#N)C(=O)Nc2cccc3ccccc23)c1OC. The second-order valence-corrected chi connectivity index (χ2v) is 5.98. The number of hydrogen-bond acceptors (Lipinski definition) is 5. The maximum absolute atomic E-state index is 12.9. The van der Waals surface area contributed by atoms with Crippen LogP contribution in [0.2, 0.25) is 0 Å². The van der Waals surface area contributed by atoms with Crippen molar-refractivity contribution in [3.8, 4) is 17.6 Å². The highest BCUT2D eigenvalue weighted by molar-refractivity contribution is 6.18. The van der Waals surface area contributed by atoms with Crippen molar-refractivity contribution in [1.29, 1.82) is 5.26 Å². The summed E-state index contributed by atoms with van der Waals surface area (Å²) in [4.78, 5) is 25.6. The van der Waals surface area contributed by atoms with E-state index in [-0.39, 0.29) is 11.3 Å². The molecule has 0 bridgehead atoms. The van der Waals surface area contributed by atoms with E-state index >= 15 is 0 Å². The summed E-state index contributed by atoms with van der Waals surface area (Å²) in [6, 6.07) is 19.5. The Morgan fingerprint density at radius 3 is 2.39 bits per heavy atom. The first-order valence-electron chi connectivity index (χ1n) is 8.54. The van der Waals surface area contributed by atoms with E-state index in [1.54, 1.807) is 30.3 Å². The normalized spacial score (nSPS) is 11.3. The van der Waals surface area contributed by atoms with Gasteiger partial charge in [0.1, 0.15) is 0 Å². The number of methoxy groups -OCH3 is 2. The fraction of sp³-hybridized carbons (Fsp3) is 0.136. The van der Waals surface area contributed by atoms with Gasteiger partial charge in [0.05, 0.1) is 25.9 Å². The molecule has 0 aliphatic carbocycles. The zero-order valence-electron chi connectivity index (χ0n) is 15.4. The summed E-state index contributed by atoms with van der Waals surface area (Å²) in [6.45, 7) is 0. The minimum atomic E-state index is -1.53. The highest BCUT2D eigenvalue weighted by atomic mass is 16.5. The number of carbonyl (C=O) groups excluding carboxylic acids is 2. The second-order valence-electron chi connectivity index (χ2n) is 5.98. The van der Waals surface area contributed by atoms with Crippen molar-refractivity contribution in [1.82, 2.24) is 0 Å². The van der Waals surface area contributed by atoms with E-state index < -0.39 is 17.6 Å². The second kappa shape index (κ2) is 8.23. The Kier molecular flexibility index (Phi) is 5.56. The van der Waals surface area contributed by atoms with Crippen LogP contribution in [0.3, 0.4) is 0 Å². The molecule has 1 N–H and O–H groups in total. The number of benzene rings is 3. The lowest BCUT2D eigenvalue weighted by Gasteiger charge is -2.15. The molecule has 0 heterocycles. The summed E-state index contributed by atoms with van der Waals surface area (Å²) in [5.74, 6) is -2.35. The van der Waals surface area contributed by atoms with Crippen molar-refractivity contribution in [3.05, 3.63) is 66.2 Å². The number of fused-ring (bicyclic) bond motifs is 1. The molecule has 0 fully saturated rings. The molecule has 28 heavy (non-hydrogen) atoms. The number of amides is 1. The number of Topliss-reactive ketones (excluding diaryl/α,β-unsaturated/α-hetero) is 1. The molecule has 3 rings (SSSR count). The van der Waals surface area contributed by atoms with Crippen molar-refractivity contribution in [3.63, 3.8) is 0 Å². The van der Waals surface area contributed by atoms with E-state index in [1.165, 1.54) is 20.3 Å². The van der Waals surface area contributed by atoms with Gasteiger partial charge < -0.3 is 14.8 Å². The summed E-state index contributed by atoms with van der Waals surface area (Å²) in [5.41, 5.74) is 0.648. The maximum Gasteiger partial charge on any atom is 0.249 e. The number of rotatable bonds is 6. The van der Waals surface area contributed by atoms with Crippen LogP contribution in [-0.2, 0) is 4.79 Å². The number of nitrogens with one attached hydrogen (secondary N) is 1. The average molecular weight is 374 g/mol. The van der Waals surface area contributed by atoms with Gasteiger partial charge in [-0.3, -0.25) is 9.59 Å². The molecule has 0 unspecified atom stereocenters. The quantitative estimate of drug-likeness (QED) is 0.523. The molecular weight excluding hydrogens is 356 g/mol. The van der Waals surface area contributed by atoms with Gasteiger partial charge in [-0.2, -0.15) is 5.26 Å². The minimum Gasteiger partial charge on any atom is -0.493 e. The molecule has 0 saturated carbocycles. The molecule has 0 saturated heterocycles. The van der Waals surface area contributed by atoms with Crippen molar-refractivity contribution in [2.45, 2.75) is 0 Å². The van der Waals surface area contributed by atoms with E-state index in [9.17, 15) is 14.9 Å². The Morgan fingerprint density at radius 1 is 0.964 bits per heavy atom. The van der Waals surface area contributed by atoms with Crippen molar-refractivity contribution in [2.75, 3.05) is 19.5 Å². The number of nitriles is 1. The largest absolute Gasteiger partial charge is 0.493 e. The number of ether oxygens (including phenoxy) is 2. The lowest BCUT2D eigenvalue weighted by Crippen LogP contribution is -2.29. The predicted octanol–water partition coefficient (Wildman–Crippen LogP) is 3.82. The van der Waals surface area contributed by atoms with Crippen LogP contribution in [0.25, 0.3) is 10.8 Å². The van der Waals surface area contributed by atoms with Crippen molar-refractivity contribution in [2.24, 2.45) is 5.92 Å². The van der Waals surface area contributed by atoms with Crippen molar-refractivity contribution >= 4 is 28.2 Å². The monoisotopic (exact) mass is 374 g/mol. The number of ketones is 1. The first-order valence-corrected chi connectivity index (χ1v) is 8.54. The van der Waals surface area contributed by atoms with Crippen LogP contribution in [0.4, 0.5) is 5.69 Å². The smallest absolute Gasteiger partial charge is 0.249 e. The lowest BCUT2D eigenvalue weighted by atomic mass is 9.96. The summed E-state index contributed by atoms with van der Waals surface area (Å²) >= 11 is 0. The third kappa shape index (κ3) is 3.51. The van der Waals surface area contributed by atoms with Gasteiger partial charge in [0.2, 0.25) is 5.91 Å². The molecule has 1 amide bonds. The highest BCUT2D eigenvalue weighted by Crippen LogP contribution is 2.32. The molecule has 6 nitrogen and oxygen atoms in total. The van der Waals surface area contributed by atoms with Crippen LogP contribution in [0.1, 0.15) is 10.4 Å². The Labute approximate surface area is 162 Å². The summed E-state index contributed by atoms with van der Waals surface area (Å²) < 4.78 is 10.4. The molecule has 0 aromatic heterocycles. The third-order valence-electron chi connectivity index (χ3n) is 4.37. The van der Waals surface area contributed by atoms with Gasteiger partial charge in [-0.1, -0.05) is 42.5 Å². The van der Waals surface area contributed by atoms with Gasteiger partial charge >= 0.3 is 0 Å². The summed E-state index contributed by atoms with van der Waals surface area (Å²) in [6.07, 6.45) is 0. The fourth-order valence-electron chi connectivity index (χ4n) is 3.01. The van der Waals surface area contributed by atoms with Crippen LogP contribution >= 0.6 is 0 Å². The molecule has 0 radical (unpaired) electrons. The van der Waals surface area contributed by atoms with E-state index in [0.717, 1.165) is 10.8 Å². The zero-order valence-corrected chi connectivity index (χ0v) is 15.4. The Balaban J connectivity index is 1.92. The maximum atomic E-state index is 12.9. The van der Waals surface area contributed by atoms with Crippen LogP contribution in [0, 0.1) is 17.2 Å². The molecule has 140 valence electrons. The summed E-state index contributed by atoms with van der Waals surface area (Å²) in [5, 5.41) is 14.0. The van der Waals surface area contributed by atoms with Crippen LogP contribution < -0.4 is 14.8 Å². The zero-order chi connectivity index (χ0) is 20.1. The molecule has 0 spiro atoms. The van der Waals surface area contributed by atoms with E-state index in [0.29, 0.717) is 11.4 Å². The van der Waals surface area contributed by atoms with Gasteiger partial charge in [-0.15, -0.1) is 0 Å². The Hall–Kier alpha value is -3.85. The van der Waals surface area contributed by atoms with E-state index in [4.69, 9.17) is 9.47 Å². The summed E-state index contributed by atoms with van der Waals surface area (Å²) in [7, 11) is 2.84. The highest BCUT2D eigenvalue weighted by Gasteiger charge is 2.31. The minimum absolute atomic E-state index is 0.112. The number of carbonyl (C=O) groups is 2. The predicted molar refractivity (Wildman–Crippen MR) is 106 cm³/mol. The van der Waals surface area contributed by atoms with Crippen LogP contribution in [0.15, 0.2) is 60.7 Å². The molecule has 1 atom stereocenters. The van der Waals surface area contributed by atoms with Crippen LogP contribution in [0.5, 0.6) is 11.5 Å². The number of para-hydroxylation sites is 1. The topological polar surface area (TPSA) is 88.4 Å². The molecular formula is C22H18N2O4. The lowest BCUT2D eigenvalue weighted by molar-refractivity contribution is -0.117. The average Bonchev–Trinajstić information content (AvgIpc) is 2.73. The fourth-order valence-corrected chi connectivity index (χ4v) is 3.01. The number of nitrogens with zero attached hydrogens (tertiary/aromatic N) is 1. The van der Waals surface area contributed by atoms with E-state index in [1.807, 2.05) is 30.3 Å². The molecule has 6 heteroatoms. The van der Waals surface area contributed by atoms with Gasteiger partial charge in [-0.25, -0.2) is 0 Å². The van der Waals surface area contributed by atoms with Gasteiger partial charge in [0.25, 0.3) is 0 Å². The molecule has 3 aromatic rings. The Morgan fingerprint density at radius 2 is 1.68 bits per heavy atom. The van der Waals surface area contributed by atoms with Gasteiger partial charge in [0.15, 0.2) is 23.2 Å². The standard InChI is InChI=1S/C22H18N2O4/c1-27-19-12-6-10-16(21(19)28-2)20(25)17(13-23)22(26)24-18-11-5-8-14-7-3-4-9-15(14)18/h3-12,17H,1-2H3,(H,24,26)/t17-/m1/s1. The van der Waals surface area contributed by atoms with Crippen LogP contribution in [-0.4, -0.2) is 25.9 Å². The van der Waals surface area contributed by atoms with Crippen molar-refractivity contribution < 1.29 is 19.1 Å². The third-order valence-corrected chi connectivity index (χ3v) is 4.37. The number of hydrogen-bond donors (Lipinski definition) is 1. The Bertz CT molecular complexity index is 1080. The molecule has 0 aliphatic rings. The van der Waals surface area contributed by atoms with Gasteiger partial charge in [0, 0.05) is 11.1 Å². The van der Waals surface area contributed by atoms with E-state index in [2.05, 4.69) is 5.32 Å².